The van der Waals surface area contributed by atoms with Crippen molar-refractivity contribution in [3.05, 3.63) is 52.4 Å². The van der Waals surface area contributed by atoms with Crippen LogP contribution in [-0.2, 0) is 5.75 Å². The number of thiazole rings is 1. The number of aryl methyl sites for hydroxylation is 1. The molecule has 2 aromatic heterocycles. The molecule has 0 saturated carbocycles. The van der Waals surface area contributed by atoms with Crippen LogP contribution in [0.5, 0.6) is 0 Å². The molecule has 0 aliphatic rings. The van der Waals surface area contributed by atoms with Gasteiger partial charge in [-0.25, -0.2) is 14.4 Å². The molecule has 1 aromatic carbocycles. The molecule has 1 N–H and O–H groups in total. The monoisotopic (exact) mass is 305 g/mol. The SMILES string of the molecule is Cc1nc(CSc2ncc(-c3ccc(F)cc3)[nH]2)cs1. The third-order valence-electron chi connectivity index (χ3n) is 2.73. The zero-order valence-corrected chi connectivity index (χ0v) is 12.4. The van der Waals surface area contributed by atoms with Crippen LogP contribution in [0, 0.1) is 12.7 Å². The van der Waals surface area contributed by atoms with Crippen molar-refractivity contribution >= 4 is 23.1 Å². The topological polar surface area (TPSA) is 41.6 Å². The summed E-state index contributed by atoms with van der Waals surface area (Å²) in [6, 6.07) is 6.37. The molecule has 0 fully saturated rings. The number of aromatic amines is 1. The fourth-order valence-electron chi connectivity index (χ4n) is 1.77. The number of imidazole rings is 1. The fourth-order valence-corrected chi connectivity index (χ4v) is 3.23. The highest BCUT2D eigenvalue weighted by Gasteiger charge is 2.06. The Labute approximate surface area is 124 Å². The first kappa shape index (κ1) is 13.3. The minimum absolute atomic E-state index is 0.234. The summed E-state index contributed by atoms with van der Waals surface area (Å²) in [6.45, 7) is 2.00. The second kappa shape index (κ2) is 5.76. The molecule has 20 heavy (non-hydrogen) atoms. The Morgan fingerprint density at radius 3 is 2.80 bits per heavy atom. The summed E-state index contributed by atoms with van der Waals surface area (Å²) in [5, 5.41) is 3.98. The van der Waals surface area contributed by atoms with Gasteiger partial charge in [-0.2, -0.15) is 0 Å². The molecule has 0 aliphatic heterocycles. The smallest absolute Gasteiger partial charge is 0.166 e. The number of hydrogen-bond acceptors (Lipinski definition) is 4. The molecule has 102 valence electrons. The van der Waals surface area contributed by atoms with E-state index >= 15 is 0 Å². The number of benzene rings is 1. The van der Waals surface area contributed by atoms with Crippen molar-refractivity contribution in [2.24, 2.45) is 0 Å². The van der Waals surface area contributed by atoms with Crippen LogP contribution in [-0.4, -0.2) is 15.0 Å². The molecular weight excluding hydrogens is 293 g/mol. The Morgan fingerprint density at radius 1 is 1.30 bits per heavy atom. The summed E-state index contributed by atoms with van der Waals surface area (Å²) in [4.78, 5) is 12.0. The van der Waals surface area contributed by atoms with Gasteiger partial charge in [0, 0.05) is 11.1 Å². The molecule has 0 unspecified atom stereocenters. The molecule has 2 heterocycles. The van der Waals surface area contributed by atoms with E-state index < -0.39 is 0 Å². The third kappa shape index (κ3) is 3.08. The number of nitrogens with zero attached hydrogens (tertiary/aromatic N) is 2. The highest BCUT2D eigenvalue weighted by Crippen LogP contribution is 2.24. The van der Waals surface area contributed by atoms with Crippen molar-refractivity contribution in [3.8, 4) is 11.3 Å². The average Bonchev–Trinajstić information content (AvgIpc) is 3.06. The van der Waals surface area contributed by atoms with Crippen molar-refractivity contribution in [2.45, 2.75) is 17.8 Å². The first-order chi connectivity index (χ1) is 9.70. The predicted molar refractivity (Wildman–Crippen MR) is 80.4 cm³/mol. The highest BCUT2D eigenvalue weighted by molar-refractivity contribution is 7.98. The summed E-state index contributed by atoms with van der Waals surface area (Å²) >= 11 is 3.26. The van der Waals surface area contributed by atoms with Gasteiger partial charge in [0.2, 0.25) is 0 Å². The zero-order valence-electron chi connectivity index (χ0n) is 10.8. The van der Waals surface area contributed by atoms with Crippen LogP contribution < -0.4 is 0 Å². The Morgan fingerprint density at radius 2 is 2.10 bits per heavy atom. The van der Waals surface area contributed by atoms with Crippen molar-refractivity contribution < 1.29 is 4.39 Å². The molecule has 0 saturated heterocycles. The van der Waals surface area contributed by atoms with E-state index in [0.29, 0.717) is 0 Å². The number of nitrogens with one attached hydrogen (secondary N) is 1. The van der Waals surface area contributed by atoms with Crippen LogP contribution in [0.15, 0.2) is 41.0 Å². The Kier molecular flexibility index (Phi) is 3.84. The largest absolute Gasteiger partial charge is 0.333 e. The molecule has 0 atom stereocenters. The summed E-state index contributed by atoms with van der Waals surface area (Å²) in [6.07, 6.45) is 1.77. The van der Waals surface area contributed by atoms with E-state index in [-0.39, 0.29) is 5.82 Å². The third-order valence-corrected chi connectivity index (χ3v) is 4.47. The molecule has 0 spiro atoms. The fraction of sp³-hybridized carbons (Fsp3) is 0.143. The lowest BCUT2D eigenvalue weighted by Gasteiger charge is -1.97. The van der Waals surface area contributed by atoms with E-state index in [2.05, 4.69) is 20.3 Å². The first-order valence-corrected chi connectivity index (χ1v) is 7.92. The van der Waals surface area contributed by atoms with E-state index in [4.69, 9.17) is 0 Å². The van der Waals surface area contributed by atoms with Gasteiger partial charge in [-0.1, -0.05) is 11.8 Å². The summed E-state index contributed by atoms with van der Waals surface area (Å²) in [5.74, 6) is 0.558. The lowest BCUT2D eigenvalue weighted by Crippen LogP contribution is -1.83. The summed E-state index contributed by atoms with van der Waals surface area (Å²) < 4.78 is 12.9. The number of hydrogen-bond donors (Lipinski definition) is 1. The highest BCUT2D eigenvalue weighted by atomic mass is 32.2. The molecule has 0 radical (unpaired) electrons. The van der Waals surface area contributed by atoms with E-state index in [1.54, 1.807) is 41.4 Å². The molecular formula is C14H12FN3S2. The quantitative estimate of drug-likeness (QED) is 0.732. The average molecular weight is 305 g/mol. The number of H-pyrrole nitrogens is 1. The minimum atomic E-state index is -0.234. The lowest BCUT2D eigenvalue weighted by atomic mass is 10.2. The Balaban J connectivity index is 1.69. The molecule has 3 nitrogen and oxygen atoms in total. The van der Waals surface area contributed by atoms with Crippen LogP contribution in [0.1, 0.15) is 10.7 Å². The van der Waals surface area contributed by atoms with Crippen LogP contribution in [0.3, 0.4) is 0 Å². The normalized spacial score (nSPS) is 10.9. The van der Waals surface area contributed by atoms with E-state index in [0.717, 1.165) is 32.9 Å². The standard InChI is InChI=1S/C14H12FN3S2/c1-9-17-12(7-19-9)8-20-14-16-6-13(18-14)10-2-4-11(15)5-3-10/h2-7H,8H2,1H3,(H,16,18). The van der Waals surface area contributed by atoms with Crippen LogP contribution in [0.4, 0.5) is 4.39 Å². The number of aromatic nitrogens is 3. The van der Waals surface area contributed by atoms with Gasteiger partial charge in [-0.15, -0.1) is 11.3 Å². The van der Waals surface area contributed by atoms with Crippen molar-refractivity contribution in [2.75, 3.05) is 0 Å². The maximum atomic E-state index is 12.9. The summed E-state index contributed by atoms with van der Waals surface area (Å²) in [7, 11) is 0. The Bertz CT molecular complexity index is 703. The maximum absolute atomic E-state index is 12.9. The van der Waals surface area contributed by atoms with Gasteiger partial charge in [0.15, 0.2) is 5.16 Å². The lowest BCUT2D eigenvalue weighted by molar-refractivity contribution is 0.628. The van der Waals surface area contributed by atoms with Gasteiger partial charge < -0.3 is 4.98 Å². The molecule has 3 aromatic rings. The van der Waals surface area contributed by atoms with Gasteiger partial charge in [0.25, 0.3) is 0 Å². The zero-order chi connectivity index (χ0) is 13.9. The molecule has 0 aliphatic carbocycles. The van der Waals surface area contributed by atoms with E-state index in [9.17, 15) is 4.39 Å². The minimum Gasteiger partial charge on any atom is -0.333 e. The first-order valence-electron chi connectivity index (χ1n) is 6.05. The van der Waals surface area contributed by atoms with Crippen LogP contribution in [0.25, 0.3) is 11.3 Å². The van der Waals surface area contributed by atoms with Gasteiger partial charge in [-0.05, 0) is 36.8 Å². The van der Waals surface area contributed by atoms with Crippen molar-refractivity contribution in [1.82, 2.24) is 15.0 Å². The van der Waals surface area contributed by atoms with E-state index in [1.807, 2.05) is 6.92 Å². The van der Waals surface area contributed by atoms with Gasteiger partial charge in [0.1, 0.15) is 5.82 Å². The second-order valence-electron chi connectivity index (χ2n) is 4.26. The number of halogens is 1. The van der Waals surface area contributed by atoms with Crippen molar-refractivity contribution in [3.63, 3.8) is 0 Å². The van der Waals surface area contributed by atoms with E-state index in [1.165, 1.54) is 12.1 Å². The Hall–Kier alpha value is -1.66. The van der Waals surface area contributed by atoms with Crippen LogP contribution in [0.2, 0.25) is 0 Å². The molecule has 0 amide bonds. The number of rotatable bonds is 4. The molecule has 0 bridgehead atoms. The van der Waals surface area contributed by atoms with Gasteiger partial charge >= 0.3 is 0 Å². The summed E-state index contributed by atoms with van der Waals surface area (Å²) in [5.41, 5.74) is 2.88. The van der Waals surface area contributed by atoms with Gasteiger partial charge in [0.05, 0.1) is 22.6 Å². The molecule has 6 heteroatoms. The van der Waals surface area contributed by atoms with Crippen LogP contribution >= 0.6 is 23.1 Å². The van der Waals surface area contributed by atoms with Crippen molar-refractivity contribution in [1.29, 1.82) is 0 Å². The molecule has 3 rings (SSSR count). The predicted octanol–water partition coefficient (Wildman–Crippen LogP) is 4.27. The second-order valence-corrected chi connectivity index (χ2v) is 6.28. The van der Waals surface area contributed by atoms with Gasteiger partial charge in [-0.3, -0.25) is 0 Å². The maximum Gasteiger partial charge on any atom is 0.166 e. The number of thioether (sulfide) groups is 1.